The van der Waals surface area contributed by atoms with Gasteiger partial charge in [-0.3, -0.25) is 0 Å². The van der Waals surface area contributed by atoms with Gasteiger partial charge in [0.15, 0.2) is 0 Å². The van der Waals surface area contributed by atoms with E-state index in [1.54, 1.807) is 0 Å². The number of hydrogen-bond donors (Lipinski definition) is 0. The molecule has 0 saturated carbocycles. The van der Waals surface area contributed by atoms with Crippen LogP contribution in [-0.4, -0.2) is 0 Å². The number of para-hydroxylation sites is 5. The van der Waals surface area contributed by atoms with Crippen molar-refractivity contribution in [1.82, 2.24) is 0 Å². The molecule has 0 fully saturated rings. The molecular formula is C114H86N2O2. The highest BCUT2D eigenvalue weighted by Gasteiger charge is 2.42. The molecule has 118 heavy (non-hydrogen) atoms. The van der Waals surface area contributed by atoms with E-state index in [9.17, 15) is 0 Å². The van der Waals surface area contributed by atoms with Crippen LogP contribution in [0.25, 0.3) is 144 Å². The quantitative estimate of drug-likeness (QED) is 0.129. The highest BCUT2D eigenvalue weighted by atomic mass is 16.3. The van der Waals surface area contributed by atoms with Crippen molar-refractivity contribution in [2.45, 2.75) is 77.0 Å². The van der Waals surface area contributed by atoms with Crippen LogP contribution in [0.2, 0.25) is 0 Å². The number of hydrogen-bond acceptors (Lipinski definition) is 4. The van der Waals surface area contributed by atoms with Crippen LogP contribution in [0.1, 0.15) is 99.9 Å². The average molecular weight is 1520 g/mol. The van der Waals surface area contributed by atoms with E-state index in [4.69, 9.17) is 8.83 Å². The molecule has 564 valence electrons. The Bertz CT molecular complexity index is 7280. The Labute approximate surface area is 689 Å². The molecule has 0 aliphatic heterocycles. The summed E-state index contributed by atoms with van der Waals surface area (Å²) >= 11 is 0. The minimum Gasteiger partial charge on any atom is -0.455 e. The fourth-order valence-corrected chi connectivity index (χ4v) is 20.3. The Hall–Kier alpha value is -14.1. The zero-order valence-electron chi connectivity index (χ0n) is 67.5. The second kappa shape index (κ2) is 26.8. The Morgan fingerprint density at radius 1 is 0.169 bits per heavy atom. The largest absolute Gasteiger partial charge is 0.455 e. The third kappa shape index (κ3) is 11.1. The molecule has 2 aromatic heterocycles. The summed E-state index contributed by atoms with van der Waals surface area (Å²) in [5.41, 5.74) is 43.1. The van der Waals surface area contributed by atoms with Crippen molar-refractivity contribution in [1.29, 1.82) is 0 Å². The van der Waals surface area contributed by atoms with Gasteiger partial charge in [0.25, 0.3) is 0 Å². The molecule has 17 aromatic carbocycles. The number of benzene rings is 17. The minimum absolute atomic E-state index is 0.153. The van der Waals surface area contributed by atoms with E-state index in [1.165, 1.54) is 134 Å². The second-order valence-corrected chi connectivity index (χ2v) is 34.7. The molecule has 0 unspecified atom stereocenters. The number of anilines is 6. The van der Waals surface area contributed by atoms with Crippen molar-refractivity contribution in [2.75, 3.05) is 9.80 Å². The molecular weight excluding hydrogens is 1430 g/mol. The molecule has 0 atom stereocenters. The van der Waals surface area contributed by atoms with Crippen LogP contribution in [0.5, 0.6) is 0 Å². The van der Waals surface area contributed by atoms with Crippen molar-refractivity contribution in [3.63, 3.8) is 0 Å². The van der Waals surface area contributed by atoms with Crippen molar-refractivity contribution < 1.29 is 8.83 Å². The summed E-state index contributed by atoms with van der Waals surface area (Å²) in [6.07, 6.45) is 0. The highest BCUT2D eigenvalue weighted by molar-refractivity contribution is 6.11. The maximum atomic E-state index is 6.51. The van der Waals surface area contributed by atoms with Crippen LogP contribution in [0, 0.1) is 0 Å². The smallest absolute Gasteiger partial charge is 0.143 e. The van der Waals surface area contributed by atoms with Crippen molar-refractivity contribution in [3.05, 3.63) is 421 Å². The lowest BCUT2D eigenvalue weighted by Gasteiger charge is -2.30. The molecule has 0 N–H and O–H groups in total. The van der Waals surface area contributed by atoms with Crippen LogP contribution in [0.3, 0.4) is 0 Å². The van der Waals surface area contributed by atoms with Crippen LogP contribution in [0.15, 0.2) is 385 Å². The van der Waals surface area contributed by atoms with E-state index in [0.29, 0.717) is 0 Å². The van der Waals surface area contributed by atoms with E-state index >= 15 is 0 Å². The first-order valence-electron chi connectivity index (χ1n) is 41.4. The van der Waals surface area contributed by atoms with Gasteiger partial charge in [0.2, 0.25) is 0 Å². The summed E-state index contributed by atoms with van der Waals surface area (Å²) in [5, 5.41) is 4.61. The van der Waals surface area contributed by atoms with Gasteiger partial charge in [0.05, 0.1) is 0 Å². The van der Waals surface area contributed by atoms with Gasteiger partial charge in [-0.2, -0.15) is 0 Å². The molecule has 4 nitrogen and oxygen atoms in total. The van der Waals surface area contributed by atoms with E-state index in [1.807, 2.05) is 12.1 Å². The maximum absolute atomic E-state index is 6.51. The molecule has 4 aliphatic rings. The Morgan fingerprint density at radius 2 is 0.407 bits per heavy atom. The first-order valence-corrected chi connectivity index (χ1v) is 41.4. The fourth-order valence-electron chi connectivity index (χ4n) is 20.3. The molecule has 0 bridgehead atoms. The summed E-state index contributed by atoms with van der Waals surface area (Å²) in [5.74, 6) is 0. The highest BCUT2D eigenvalue weighted by Crippen LogP contribution is 2.58. The summed E-state index contributed by atoms with van der Waals surface area (Å²) in [7, 11) is 0. The summed E-state index contributed by atoms with van der Waals surface area (Å²) in [4.78, 5) is 4.89. The van der Waals surface area contributed by atoms with Crippen LogP contribution in [-0.2, 0) is 21.7 Å². The summed E-state index contributed by atoms with van der Waals surface area (Å²) < 4.78 is 13.0. The van der Waals surface area contributed by atoms with Crippen molar-refractivity contribution in [3.8, 4) is 100 Å². The second-order valence-electron chi connectivity index (χ2n) is 34.7. The lowest BCUT2D eigenvalue weighted by molar-refractivity contribution is 0.659. The van der Waals surface area contributed by atoms with E-state index < -0.39 is 0 Å². The van der Waals surface area contributed by atoms with E-state index in [0.717, 1.165) is 89.1 Å². The molecule has 4 heteroatoms. The number of rotatable bonds is 11. The van der Waals surface area contributed by atoms with Crippen molar-refractivity contribution in [2.24, 2.45) is 0 Å². The lowest BCUT2D eigenvalue weighted by Crippen LogP contribution is -2.18. The molecule has 0 amide bonds. The first-order chi connectivity index (χ1) is 57.5. The van der Waals surface area contributed by atoms with Gasteiger partial charge in [-0.15, -0.1) is 0 Å². The third-order valence-corrected chi connectivity index (χ3v) is 26.6. The summed E-state index contributed by atoms with van der Waals surface area (Å²) in [6.45, 7) is 19.0. The van der Waals surface area contributed by atoms with Crippen LogP contribution < -0.4 is 9.80 Å². The number of nitrogens with zero attached hydrogens (tertiary/aromatic N) is 2. The monoisotopic (exact) mass is 1510 g/mol. The molecule has 0 saturated heterocycles. The van der Waals surface area contributed by atoms with Gasteiger partial charge in [-0.05, 0) is 243 Å². The zero-order valence-corrected chi connectivity index (χ0v) is 67.5. The van der Waals surface area contributed by atoms with Crippen LogP contribution >= 0.6 is 0 Å². The third-order valence-electron chi connectivity index (χ3n) is 26.6. The maximum Gasteiger partial charge on any atom is 0.143 e. The number of furan rings is 2. The molecule has 4 aliphatic carbocycles. The molecule has 2 heterocycles. The van der Waals surface area contributed by atoms with Gasteiger partial charge in [-0.25, -0.2) is 0 Å². The minimum atomic E-state index is -0.237. The van der Waals surface area contributed by atoms with E-state index in [2.05, 4.69) is 429 Å². The average Bonchev–Trinajstić information content (AvgIpc) is 1.58. The fraction of sp³-hybridized carbons (Fsp3) is 0.105. The lowest BCUT2D eigenvalue weighted by atomic mass is 9.81. The molecule has 0 radical (unpaired) electrons. The van der Waals surface area contributed by atoms with Crippen LogP contribution in [0.4, 0.5) is 34.1 Å². The SMILES string of the molecule is CC1(C)c2cc(-c3ccccc3)ccc2-c2ccc(N(c3ccc(-c4ccccc4)cc3)c3ccc4c(c3)C(C)(C)c3cc(-c5cccc6c5oc5ccccc56)ccc3-4)cc21.CC1(C)c2cc(-c3ccccc3)ccc2-c2ccc(N(c3ccccc3)c3ccc4c(c3)C(C)(C)c3cc(-c5cccc6c5oc5ccccc56)ccc3-4)cc21. The van der Waals surface area contributed by atoms with E-state index in [-0.39, 0.29) is 21.7 Å². The number of fused-ring (bicyclic) bond motifs is 18. The van der Waals surface area contributed by atoms with Gasteiger partial charge in [0.1, 0.15) is 22.3 Å². The topological polar surface area (TPSA) is 32.8 Å². The first kappa shape index (κ1) is 70.6. The molecule has 19 aromatic rings. The molecule has 0 spiro atoms. The normalized spacial score (nSPS) is 14.2. The zero-order chi connectivity index (χ0) is 79.5. The van der Waals surface area contributed by atoms with Gasteiger partial charge in [-0.1, -0.05) is 322 Å². The standard InChI is InChI=1S/C60H45NO.C54H41NO/c1-59(2)53-34-41(39-16-9-6-10-17-39)24-30-47(53)49-32-28-44(36-55(49)59)61(43-26-22-40(23-27-43)38-14-7-5-8-15-38)45-29-33-50-48-31-25-42(35-54(48)60(3,4)56(50)37-45)46-19-13-20-52-51-18-11-12-21-57(51)62-58(46)52;1-53(2)47-30-35(34-14-7-5-8-15-34)22-26-41(47)43-28-24-38(32-49(43)53)55(37-16-9-6-10-17-37)39-25-29-44-42-27-23-36(31-48(42)54(3,4)50(44)33-39)40-19-13-20-46-45-18-11-12-21-51(45)56-52(40)46/h5-37H,1-4H3;5-33H,1-4H3. The predicted molar refractivity (Wildman–Crippen MR) is 494 cm³/mol. The summed E-state index contributed by atoms with van der Waals surface area (Å²) in [6, 6.07) is 138. The van der Waals surface area contributed by atoms with Gasteiger partial charge >= 0.3 is 0 Å². The Kier molecular flexibility index (Phi) is 16.0. The van der Waals surface area contributed by atoms with Crippen molar-refractivity contribution >= 4 is 78.0 Å². The Balaban J connectivity index is 0.000000143. The Morgan fingerprint density at radius 3 is 0.754 bits per heavy atom. The predicted octanol–water partition coefficient (Wildman–Crippen LogP) is 31.7. The molecule has 23 rings (SSSR count). The van der Waals surface area contributed by atoms with Gasteiger partial charge < -0.3 is 18.6 Å². The van der Waals surface area contributed by atoms with Gasteiger partial charge in [0, 0.05) is 88.5 Å².